The van der Waals surface area contributed by atoms with Crippen molar-refractivity contribution in [1.82, 2.24) is 4.98 Å². The summed E-state index contributed by atoms with van der Waals surface area (Å²) in [6.45, 7) is 0. The molecule has 3 nitrogen and oxygen atoms in total. The van der Waals surface area contributed by atoms with Crippen LogP contribution < -0.4 is 5.73 Å². The maximum absolute atomic E-state index is 12.1. The van der Waals surface area contributed by atoms with Crippen LogP contribution in [0.25, 0.3) is 0 Å². The predicted molar refractivity (Wildman–Crippen MR) is 68.5 cm³/mol. The maximum Gasteiger partial charge on any atom is 0.194 e. The van der Waals surface area contributed by atoms with Gasteiger partial charge in [0.2, 0.25) is 0 Å². The lowest BCUT2D eigenvalue weighted by Gasteiger charge is -2.05. The molecule has 1 aromatic carbocycles. The molecule has 5 heteroatoms. The molecule has 0 amide bonds. The second kappa shape index (κ2) is 4.73. The van der Waals surface area contributed by atoms with E-state index in [1.165, 1.54) is 18.3 Å². The van der Waals surface area contributed by atoms with Crippen LogP contribution in [0.2, 0.25) is 10.0 Å². The summed E-state index contributed by atoms with van der Waals surface area (Å²) in [5.74, 6) is -0.193. The maximum atomic E-state index is 12.1. The van der Waals surface area contributed by atoms with E-state index in [2.05, 4.69) is 4.98 Å². The lowest BCUT2D eigenvalue weighted by atomic mass is 10.0. The molecule has 0 unspecified atom stereocenters. The number of hydrogen-bond acceptors (Lipinski definition) is 3. The van der Waals surface area contributed by atoms with Gasteiger partial charge in [-0.25, -0.2) is 0 Å². The van der Waals surface area contributed by atoms with Gasteiger partial charge in [0, 0.05) is 23.5 Å². The molecule has 2 rings (SSSR count). The Morgan fingerprint density at radius 2 is 1.82 bits per heavy atom. The van der Waals surface area contributed by atoms with Crippen molar-refractivity contribution in [3.8, 4) is 0 Å². The normalized spacial score (nSPS) is 10.2. The summed E-state index contributed by atoms with van der Waals surface area (Å²) in [4.78, 5) is 15.9. The number of nitrogen functional groups attached to an aromatic ring is 1. The van der Waals surface area contributed by atoms with Gasteiger partial charge < -0.3 is 5.73 Å². The van der Waals surface area contributed by atoms with Gasteiger partial charge in [-0.2, -0.15) is 0 Å². The number of halogens is 2. The number of ketones is 1. The standard InChI is InChI=1S/C12H8Cl2N2O/c13-9-4-8(5-10(14)11(9)15)12(17)7-2-1-3-16-6-7/h1-6H,15H2. The average molecular weight is 267 g/mol. The topological polar surface area (TPSA) is 56.0 Å². The van der Waals surface area contributed by atoms with E-state index in [0.717, 1.165) is 0 Å². The van der Waals surface area contributed by atoms with Crippen LogP contribution in [-0.4, -0.2) is 10.8 Å². The summed E-state index contributed by atoms with van der Waals surface area (Å²) in [7, 11) is 0. The van der Waals surface area contributed by atoms with Crippen molar-refractivity contribution in [2.75, 3.05) is 5.73 Å². The van der Waals surface area contributed by atoms with Crippen LogP contribution in [0, 0.1) is 0 Å². The molecular weight excluding hydrogens is 259 g/mol. The Kier molecular flexibility index (Phi) is 3.31. The number of nitrogens with zero attached hydrogens (tertiary/aromatic N) is 1. The molecule has 0 radical (unpaired) electrons. The van der Waals surface area contributed by atoms with Crippen molar-refractivity contribution < 1.29 is 4.79 Å². The molecule has 0 aliphatic carbocycles. The van der Waals surface area contributed by atoms with Crippen LogP contribution in [0.3, 0.4) is 0 Å². The van der Waals surface area contributed by atoms with Gasteiger partial charge >= 0.3 is 0 Å². The number of nitrogens with two attached hydrogens (primary N) is 1. The van der Waals surface area contributed by atoms with Gasteiger partial charge in [0.25, 0.3) is 0 Å². The molecule has 2 aromatic rings. The summed E-state index contributed by atoms with van der Waals surface area (Å²) in [6, 6.07) is 6.36. The lowest BCUT2D eigenvalue weighted by Crippen LogP contribution is -2.02. The molecule has 2 N–H and O–H groups in total. The zero-order valence-corrected chi connectivity index (χ0v) is 10.2. The molecule has 0 spiro atoms. The first-order chi connectivity index (χ1) is 8.09. The van der Waals surface area contributed by atoms with Crippen molar-refractivity contribution in [3.63, 3.8) is 0 Å². The largest absolute Gasteiger partial charge is 0.396 e. The van der Waals surface area contributed by atoms with Gasteiger partial charge in [-0.3, -0.25) is 9.78 Å². The summed E-state index contributed by atoms with van der Waals surface area (Å²) in [5, 5.41) is 0.537. The third-order valence-corrected chi connectivity index (χ3v) is 2.89. The minimum Gasteiger partial charge on any atom is -0.396 e. The van der Waals surface area contributed by atoms with E-state index in [4.69, 9.17) is 28.9 Å². The first-order valence-electron chi connectivity index (χ1n) is 4.79. The van der Waals surface area contributed by atoms with Gasteiger partial charge in [-0.05, 0) is 24.3 Å². The highest BCUT2D eigenvalue weighted by Gasteiger charge is 2.13. The Bertz CT molecular complexity index is 547. The first-order valence-corrected chi connectivity index (χ1v) is 5.54. The van der Waals surface area contributed by atoms with Gasteiger partial charge in [0.05, 0.1) is 15.7 Å². The zero-order chi connectivity index (χ0) is 12.4. The summed E-state index contributed by atoms with van der Waals surface area (Å²) in [6.07, 6.45) is 3.08. The average Bonchev–Trinajstić information content (AvgIpc) is 2.35. The lowest BCUT2D eigenvalue weighted by molar-refractivity contribution is 0.103. The smallest absolute Gasteiger partial charge is 0.194 e. The number of carbonyl (C=O) groups excluding carboxylic acids is 1. The Hall–Kier alpha value is -1.58. The Morgan fingerprint density at radius 1 is 1.18 bits per heavy atom. The third kappa shape index (κ3) is 2.40. The van der Waals surface area contributed by atoms with Crippen LogP contribution in [0.1, 0.15) is 15.9 Å². The van der Waals surface area contributed by atoms with Gasteiger partial charge in [0.15, 0.2) is 5.78 Å². The van der Waals surface area contributed by atoms with Gasteiger partial charge in [-0.15, -0.1) is 0 Å². The van der Waals surface area contributed by atoms with Crippen LogP contribution in [0.4, 0.5) is 5.69 Å². The molecule has 0 aliphatic rings. The van der Waals surface area contributed by atoms with Crippen molar-refractivity contribution in [1.29, 1.82) is 0 Å². The van der Waals surface area contributed by atoms with Crippen molar-refractivity contribution in [2.45, 2.75) is 0 Å². The van der Waals surface area contributed by atoms with Crippen molar-refractivity contribution in [3.05, 3.63) is 57.8 Å². The predicted octanol–water partition coefficient (Wildman–Crippen LogP) is 3.20. The fourth-order valence-electron chi connectivity index (χ4n) is 1.38. The molecule has 1 aromatic heterocycles. The summed E-state index contributed by atoms with van der Waals surface area (Å²) >= 11 is 11.7. The molecule has 0 fully saturated rings. The van der Waals surface area contributed by atoms with E-state index in [1.54, 1.807) is 18.3 Å². The minimum atomic E-state index is -0.193. The van der Waals surface area contributed by atoms with E-state index in [9.17, 15) is 4.79 Å². The molecule has 86 valence electrons. The number of anilines is 1. The number of pyridine rings is 1. The van der Waals surface area contributed by atoms with E-state index in [1.807, 2.05) is 0 Å². The Balaban J connectivity index is 2.45. The monoisotopic (exact) mass is 266 g/mol. The van der Waals surface area contributed by atoms with Crippen LogP contribution >= 0.6 is 23.2 Å². The second-order valence-electron chi connectivity index (χ2n) is 3.42. The number of rotatable bonds is 2. The van der Waals surface area contributed by atoms with Gasteiger partial charge in [-0.1, -0.05) is 23.2 Å². The van der Waals surface area contributed by atoms with Crippen molar-refractivity contribution in [2.24, 2.45) is 0 Å². The van der Waals surface area contributed by atoms with Crippen LogP contribution in [0.5, 0.6) is 0 Å². The zero-order valence-electron chi connectivity index (χ0n) is 8.65. The fourth-order valence-corrected chi connectivity index (χ4v) is 1.87. The molecule has 0 bridgehead atoms. The molecule has 0 atom stereocenters. The second-order valence-corrected chi connectivity index (χ2v) is 4.24. The van der Waals surface area contributed by atoms with Crippen molar-refractivity contribution >= 4 is 34.7 Å². The number of carbonyl (C=O) groups is 1. The van der Waals surface area contributed by atoms with E-state index >= 15 is 0 Å². The Morgan fingerprint density at radius 3 is 2.35 bits per heavy atom. The quantitative estimate of drug-likeness (QED) is 0.671. The molecule has 0 aliphatic heterocycles. The van der Waals surface area contributed by atoms with E-state index in [0.29, 0.717) is 11.1 Å². The van der Waals surface area contributed by atoms with E-state index in [-0.39, 0.29) is 21.5 Å². The number of hydrogen-bond donors (Lipinski definition) is 1. The van der Waals surface area contributed by atoms with E-state index < -0.39 is 0 Å². The molecule has 1 heterocycles. The Labute approximate surface area is 108 Å². The highest BCUT2D eigenvalue weighted by molar-refractivity contribution is 6.39. The summed E-state index contributed by atoms with van der Waals surface area (Å²) < 4.78 is 0. The van der Waals surface area contributed by atoms with Crippen LogP contribution in [-0.2, 0) is 0 Å². The molecular formula is C12H8Cl2N2O. The molecule has 0 saturated carbocycles. The minimum absolute atomic E-state index is 0.193. The van der Waals surface area contributed by atoms with Gasteiger partial charge in [0.1, 0.15) is 0 Å². The first kappa shape index (κ1) is 11.9. The SMILES string of the molecule is Nc1c(Cl)cc(C(=O)c2cccnc2)cc1Cl. The number of benzene rings is 1. The van der Waals surface area contributed by atoms with Crippen LogP contribution in [0.15, 0.2) is 36.7 Å². The number of aromatic nitrogens is 1. The highest BCUT2D eigenvalue weighted by Crippen LogP contribution is 2.29. The molecule has 17 heavy (non-hydrogen) atoms. The summed E-state index contributed by atoms with van der Waals surface area (Å²) in [5.41, 5.74) is 6.74. The third-order valence-electron chi connectivity index (χ3n) is 2.26. The highest BCUT2D eigenvalue weighted by atomic mass is 35.5. The molecule has 0 saturated heterocycles. The fraction of sp³-hybridized carbons (Fsp3) is 0.